The fourth-order valence-corrected chi connectivity index (χ4v) is 2.20. The predicted octanol–water partition coefficient (Wildman–Crippen LogP) is 3.51. The van der Waals surface area contributed by atoms with E-state index in [0.29, 0.717) is 0 Å². The van der Waals surface area contributed by atoms with Crippen LogP contribution in [0.5, 0.6) is 0 Å². The largest absolute Gasteiger partial charge is 0.449 e. The molecular formula is C13H14F3NO2. The predicted molar refractivity (Wildman–Crippen MR) is 62.4 cm³/mol. The zero-order valence-electron chi connectivity index (χ0n) is 10.5. The van der Waals surface area contributed by atoms with Crippen LogP contribution in [0.4, 0.5) is 18.0 Å². The van der Waals surface area contributed by atoms with Crippen LogP contribution >= 0.6 is 0 Å². The highest BCUT2D eigenvalue weighted by Crippen LogP contribution is 2.42. The van der Waals surface area contributed by atoms with E-state index in [-0.39, 0.29) is 12.2 Å². The molecule has 1 aromatic carbocycles. The summed E-state index contributed by atoms with van der Waals surface area (Å²) in [5.74, 6) is 0. The Balaban J connectivity index is 2.48. The Hall–Kier alpha value is -1.72. The van der Waals surface area contributed by atoms with E-state index in [1.54, 1.807) is 13.8 Å². The van der Waals surface area contributed by atoms with Crippen molar-refractivity contribution in [2.45, 2.75) is 26.1 Å². The summed E-state index contributed by atoms with van der Waals surface area (Å²) in [6.07, 6.45) is -5.14. The van der Waals surface area contributed by atoms with Gasteiger partial charge in [-0.3, -0.25) is 0 Å². The third-order valence-electron chi connectivity index (χ3n) is 3.20. The number of benzene rings is 1. The Morgan fingerprint density at radius 2 is 1.95 bits per heavy atom. The molecule has 0 radical (unpaired) electrons. The van der Waals surface area contributed by atoms with E-state index in [2.05, 4.69) is 5.32 Å². The molecule has 2 rings (SSSR count). The minimum atomic E-state index is -4.45. The zero-order chi connectivity index (χ0) is 14.3. The van der Waals surface area contributed by atoms with E-state index in [9.17, 15) is 18.0 Å². The van der Waals surface area contributed by atoms with Crippen LogP contribution in [0.2, 0.25) is 0 Å². The summed E-state index contributed by atoms with van der Waals surface area (Å²) in [5, 5.41) is 2.47. The Labute approximate surface area is 108 Å². The Morgan fingerprint density at radius 3 is 2.58 bits per heavy atom. The number of alkyl carbamates (subject to hydrolysis) is 1. The first-order chi connectivity index (χ1) is 8.72. The molecule has 0 aliphatic carbocycles. The van der Waals surface area contributed by atoms with Gasteiger partial charge in [-0.05, 0) is 11.6 Å². The smallest absolute Gasteiger partial charge is 0.416 e. The minimum Gasteiger partial charge on any atom is -0.449 e. The molecule has 0 bridgehead atoms. The van der Waals surface area contributed by atoms with E-state index in [4.69, 9.17) is 4.74 Å². The minimum absolute atomic E-state index is 0.0663. The average molecular weight is 273 g/mol. The molecule has 1 aliphatic rings. The number of cyclic esters (lactones) is 1. The maximum absolute atomic E-state index is 13.0. The molecule has 1 heterocycles. The number of rotatable bonds is 1. The number of hydrogen-bond acceptors (Lipinski definition) is 2. The topological polar surface area (TPSA) is 38.3 Å². The number of carbonyl (C=O) groups excluding carboxylic acids is 1. The second-order valence-corrected chi connectivity index (χ2v) is 5.23. The van der Waals surface area contributed by atoms with Crippen molar-refractivity contribution in [1.82, 2.24) is 5.32 Å². The summed E-state index contributed by atoms with van der Waals surface area (Å²) in [6.45, 7) is 3.59. The van der Waals surface area contributed by atoms with Crippen molar-refractivity contribution in [3.63, 3.8) is 0 Å². The van der Waals surface area contributed by atoms with Gasteiger partial charge in [-0.2, -0.15) is 13.2 Å². The maximum Gasteiger partial charge on any atom is 0.416 e. The molecule has 1 fully saturated rings. The summed E-state index contributed by atoms with van der Waals surface area (Å²) in [7, 11) is 0. The Morgan fingerprint density at radius 1 is 1.32 bits per heavy atom. The maximum atomic E-state index is 13.0. The highest BCUT2D eigenvalue weighted by molar-refractivity contribution is 5.69. The third kappa shape index (κ3) is 2.67. The number of carbonyl (C=O) groups is 1. The van der Waals surface area contributed by atoms with E-state index in [0.717, 1.165) is 6.07 Å². The van der Waals surface area contributed by atoms with Crippen LogP contribution in [0.25, 0.3) is 0 Å². The molecule has 1 N–H and O–H groups in total. The first-order valence-corrected chi connectivity index (χ1v) is 5.81. The van der Waals surface area contributed by atoms with Gasteiger partial charge in [0.25, 0.3) is 0 Å². The highest BCUT2D eigenvalue weighted by Gasteiger charge is 2.43. The van der Waals surface area contributed by atoms with E-state index >= 15 is 0 Å². The van der Waals surface area contributed by atoms with Gasteiger partial charge in [0, 0.05) is 5.41 Å². The molecular weight excluding hydrogens is 259 g/mol. The second-order valence-electron chi connectivity index (χ2n) is 5.23. The van der Waals surface area contributed by atoms with Crippen molar-refractivity contribution < 1.29 is 22.7 Å². The van der Waals surface area contributed by atoms with E-state index < -0.39 is 29.3 Å². The van der Waals surface area contributed by atoms with Crippen molar-refractivity contribution in [2.75, 3.05) is 6.61 Å². The van der Waals surface area contributed by atoms with Gasteiger partial charge in [-0.1, -0.05) is 32.0 Å². The second kappa shape index (κ2) is 4.43. The molecule has 0 unspecified atom stereocenters. The van der Waals surface area contributed by atoms with Crippen LogP contribution < -0.4 is 5.32 Å². The third-order valence-corrected chi connectivity index (χ3v) is 3.20. The van der Waals surface area contributed by atoms with Crippen molar-refractivity contribution >= 4 is 6.09 Å². The number of alkyl halides is 3. The van der Waals surface area contributed by atoms with Gasteiger partial charge < -0.3 is 10.1 Å². The van der Waals surface area contributed by atoms with E-state index in [1.165, 1.54) is 18.2 Å². The van der Waals surface area contributed by atoms with Crippen molar-refractivity contribution in [2.24, 2.45) is 5.41 Å². The standard InChI is InChI=1S/C13H14F3NO2/c1-12(2)7-19-11(18)17-10(12)8-5-3-4-6-9(8)13(14,15)16/h3-6,10H,7H2,1-2H3,(H,17,18)/t10-/m0/s1. The molecule has 1 aliphatic heterocycles. The van der Waals surface area contributed by atoms with Crippen LogP contribution in [0.3, 0.4) is 0 Å². The highest BCUT2D eigenvalue weighted by atomic mass is 19.4. The molecule has 0 saturated carbocycles. The summed E-state index contributed by atoms with van der Waals surface area (Å²) in [6, 6.07) is 4.54. The van der Waals surface area contributed by atoms with Crippen LogP contribution in [-0.4, -0.2) is 12.7 Å². The van der Waals surface area contributed by atoms with Gasteiger partial charge in [0.15, 0.2) is 0 Å². The van der Waals surface area contributed by atoms with Crippen LogP contribution in [0.15, 0.2) is 24.3 Å². The fourth-order valence-electron chi connectivity index (χ4n) is 2.20. The van der Waals surface area contributed by atoms with Crippen molar-refractivity contribution in [3.8, 4) is 0 Å². The average Bonchev–Trinajstić information content (AvgIpc) is 2.31. The molecule has 3 nitrogen and oxygen atoms in total. The SMILES string of the molecule is CC1(C)COC(=O)N[C@H]1c1ccccc1C(F)(F)F. The lowest BCUT2D eigenvalue weighted by atomic mass is 9.79. The van der Waals surface area contributed by atoms with Crippen molar-refractivity contribution in [1.29, 1.82) is 0 Å². The number of hydrogen-bond donors (Lipinski definition) is 1. The quantitative estimate of drug-likeness (QED) is 0.850. The summed E-state index contributed by atoms with van der Waals surface area (Å²) >= 11 is 0. The van der Waals surface area contributed by atoms with Crippen molar-refractivity contribution in [3.05, 3.63) is 35.4 Å². The number of amides is 1. The summed E-state index contributed by atoms with van der Waals surface area (Å²) in [5.41, 5.74) is -1.28. The summed E-state index contributed by atoms with van der Waals surface area (Å²) < 4.78 is 43.9. The Bertz CT molecular complexity index is 497. The molecule has 0 spiro atoms. The van der Waals surface area contributed by atoms with Gasteiger partial charge in [0.05, 0.1) is 11.6 Å². The molecule has 1 atom stereocenters. The first kappa shape index (κ1) is 13.7. The fraction of sp³-hybridized carbons (Fsp3) is 0.462. The first-order valence-electron chi connectivity index (χ1n) is 5.81. The van der Waals surface area contributed by atoms with Crippen LogP contribution in [0.1, 0.15) is 31.0 Å². The normalized spacial score (nSPS) is 22.6. The van der Waals surface area contributed by atoms with Gasteiger partial charge in [-0.15, -0.1) is 0 Å². The molecule has 104 valence electrons. The Kier molecular flexibility index (Phi) is 3.20. The van der Waals surface area contributed by atoms with Crippen LogP contribution in [-0.2, 0) is 10.9 Å². The van der Waals surface area contributed by atoms with Gasteiger partial charge in [0.1, 0.15) is 6.61 Å². The molecule has 19 heavy (non-hydrogen) atoms. The lowest BCUT2D eigenvalue weighted by Gasteiger charge is -2.39. The zero-order valence-corrected chi connectivity index (χ0v) is 10.5. The lowest BCUT2D eigenvalue weighted by Crippen LogP contribution is -2.47. The molecule has 1 amide bonds. The van der Waals surface area contributed by atoms with Gasteiger partial charge >= 0.3 is 12.3 Å². The number of nitrogens with one attached hydrogen (secondary N) is 1. The molecule has 0 aromatic heterocycles. The van der Waals surface area contributed by atoms with Gasteiger partial charge in [0.2, 0.25) is 0 Å². The number of ether oxygens (including phenoxy) is 1. The van der Waals surface area contributed by atoms with Gasteiger partial charge in [-0.25, -0.2) is 4.79 Å². The summed E-state index contributed by atoms with van der Waals surface area (Å²) in [4.78, 5) is 11.3. The number of halogens is 3. The van der Waals surface area contributed by atoms with E-state index in [1.807, 2.05) is 0 Å². The monoisotopic (exact) mass is 273 g/mol. The van der Waals surface area contributed by atoms with Crippen LogP contribution in [0, 0.1) is 5.41 Å². The molecule has 1 saturated heterocycles. The molecule has 6 heteroatoms. The molecule has 1 aromatic rings. The lowest BCUT2D eigenvalue weighted by molar-refractivity contribution is -0.139.